The van der Waals surface area contributed by atoms with E-state index in [0.29, 0.717) is 6.54 Å². The summed E-state index contributed by atoms with van der Waals surface area (Å²) in [7, 11) is 0. The SMILES string of the molecule is NCC1(c2ncncc2I)CCC1. The molecule has 0 atom stereocenters. The van der Waals surface area contributed by atoms with E-state index in [-0.39, 0.29) is 5.41 Å². The molecule has 0 aliphatic heterocycles. The summed E-state index contributed by atoms with van der Waals surface area (Å²) in [4.78, 5) is 8.34. The molecule has 1 fully saturated rings. The molecule has 0 amide bonds. The molecule has 1 saturated carbocycles. The van der Waals surface area contributed by atoms with Crippen molar-refractivity contribution in [3.8, 4) is 0 Å². The van der Waals surface area contributed by atoms with Crippen LogP contribution in [-0.4, -0.2) is 16.5 Å². The largest absolute Gasteiger partial charge is 0.330 e. The fourth-order valence-electron chi connectivity index (χ4n) is 1.84. The van der Waals surface area contributed by atoms with Crippen molar-refractivity contribution in [3.05, 3.63) is 21.8 Å². The standard InChI is InChI=1S/C9H12IN3/c10-7-4-12-6-13-8(7)9(5-11)2-1-3-9/h4,6H,1-3,5,11H2. The van der Waals surface area contributed by atoms with Gasteiger partial charge in [-0.25, -0.2) is 9.97 Å². The highest BCUT2D eigenvalue weighted by Gasteiger charge is 2.39. The number of rotatable bonds is 2. The lowest BCUT2D eigenvalue weighted by molar-refractivity contribution is 0.244. The lowest BCUT2D eigenvalue weighted by atomic mass is 9.66. The highest BCUT2D eigenvalue weighted by molar-refractivity contribution is 14.1. The lowest BCUT2D eigenvalue weighted by Gasteiger charge is -2.40. The van der Waals surface area contributed by atoms with Gasteiger partial charge in [0.25, 0.3) is 0 Å². The summed E-state index contributed by atoms with van der Waals surface area (Å²) in [6, 6.07) is 0. The maximum absolute atomic E-state index is 5.81. The number of hydrogen-bond donors (Lipinski definition) is 1. The van der Waals surface area contributed by atoms with Crippen molar-refractivity contribution < 1.29 is 0 Å². The summed E-state index contributed by atoms with van der Waals surface area (Å²) in [5, 5.41) is 0. The number of nitrogens with two attached hydrogens (primary N) is 1. The second kappa shape index (κ2) is 3.49. The Labute approximate surface area is 91.3 Å². The normalized spacial score (nSPS) is 19.5. The summed E-state index contributed by atoms with van der Waals surface area (Å²) < 4.78 is 1.14. The molecule has 1 aromatic heterocycles. The van der Waals surface area contributed by atoms with Crippen LogP contribution in [0.15, 0.2) is 12.5 Å². The molecule has 1 aliphatic carbocycles. The van der Waals surface area contributed by atoms with Crippen molar-refractivity contribution >= 4 is 22.6 Å². The summed E-state index contributed by atoms with van der Waals surface area (Å²) in [6.07, 6.45) is 7.11. The van der Waals surface area contributed by atoms with Crippen molar-refractivity contribution in [1.82, 2.24) is 9.97 Å². The van der Waals surface area contributed by atoms with E-state index in [4.69, 9.17) is 5.73 Å². The van der Waals surface area contributed by atoms with Crippen LogP contribution in [0.3, 0.4) is 0 Å². The van der Waals surface area contributed by atoms with Crippen molar-refractivity contribution in [2.75, 3.05) is 6.54 Å². The van der Waals surface area contributed by atoms with Crippen molar-refractivity contribution in [2.45, 2.75) is 24.7 Å². The second-order valence-corrected chi connectivity index (χ2v) is 4.72. The summed E-state index contributed by atoms with van der Waals surface area (Å²) in [6.45, 7) is 0.708. The number of aromatic nitrogens is 2. The van der Waals surface area contributed by atoms with Crippen LogP contribution in [0.5, 0.6) is 0 Å². The van der Waals surface area contributed by atoms with E-state index in [0.717, 1.165) is 9.26 Å². The molecule has 3 nitrogen and oxygen atoms in total. The zero-order chi connectivity index (χ0) is 9.31. The first-order chi connectivity index (χ1) is 6.28. The quantitative estimate of drug-likeness (QED) is 0.839. The van der Waals surface area contributed by atoms with Gasteiger partial charge in [0, 0.05) is 18.2 Å². The molecule has 0 aromatic carbocycles. The molecule has 13 heavy (non-hydrogen) atoms. The monoisotopic (exact) mass is 289 g/mol. The van der Waals surface area contributed by atoms with E-state index in [1.165, 1.54) is 19.3 Å². The van der Waals surface area contributed by atoms with Gasteiger partial charge in [-0.05, 0) is 35.4 Å². The smallest absolute Gasteiger partial charge is 0.115 e. The Morgan fingerprint density at radius 1 is 1.54 bits per heavy atom. The Balaban J connectivity index is 2.38. The maximum Gasteiger partial charge on any atom is 0.115 e. The van der Waals surface area contributed by atoms with E-state index in [1.807, 2.05) is 6.20 Å². The molecule has 0 unspecified atom stereocenters. The highest BCUT2D eigenvalue weighted by atomic mass is 127. The summed E-state index contributed by atoms with van der Waals surface area (Å²) in [5.41, 5.74) is 7.12. The third kappa shape index (κ3) is 1.46. The van der Waals surface area contributed by atoms with E-state index < -0.39 is 0 Å². The van der Waals surface area contributed by atoms with Crippen LogP contribution in [-0.2, 0) is 5.41 Å². The van der Waals surface area contributed by atoms with E-state index in [9.17, 15) is 0 Å². The molecular formula is C9H12IN3. The Morgan fingerprint density at radius 2 is 2.31 bits per heavy atom. The zero-order valence-electron chi connectivity index (χ0n) is 7.33. The summed E-state index contributed by atoms with van der Waals surface area (Å²) >= 11 is 2.29. The molecule has 1 aromatic rings. The number of nitrogens with zero attached hydrogens (tertiary/aromatic N) is 2. The van der Waals surface area contributed by atoms with Crippen LogP contribution in [0.1, 0.15) is 25.0 Å². The molecule has 2 rings (SSSR count). The first-order valence-corrected chi connectivity index (χ1v) is 5.52. The van der Waals surface area contributed by atoms with Crippen LogP contribution in [0.25, 0.3) is 0 Å². The topological polar surface area (TPSA) is 51.8 Å². The van der Waals surface area contributed by atoms with Gasteiger partial charge in [0.15, 0.2) is 0 Å². The van der Waals surface area contributed by atoms with Crippen molar-refractivity contribution in [1.29, 1.82) is 0 Å². The molecule has 0 bridgehead atoms. The van der Waals surface area contributed by atoms with Crippen molar-refractivity contribution in [2.24, 2.45) is 5.73 Å². The average Bonchev–Trinajstić information content (AvgIpc) is 2.07. The molecule has 0 radical (unpaired) electrons. The molecular weight excluding hydrogens is 277 g/mol. The van der Waals surface area contributed by atoms with Crippen LogP contribution >= 0.6 is 22.6 Å². The van der Waals surface area contributed by atoms with Gasteiger partial charge in [0.05, 0.1) is 9.26 Å². The van der Waals surface area contributed by atoms with Gasteiger partial charge >= 0.3 is 0 Å². The zero-order valence-corrected chi connectivity index (χ0v) is 9.49. The van der Waals surface area contributed by atoms with Gasteiger partial charge in [0.1, 0.15) is 6.33 Å². The van der Waals surface area contributed by atoms with Crippen LogP contribution < -0.4 is 5.73 Å². The number of halogens is 1. The molecule has 0 saturated heterocycles. The Hall–Kier alpha value is -0.230. The van der Waals surface area contributed by atoms with Gasteiger partial charge in [-0.1, -0.05) is 6.42 Å². The third-order valence-electron chi connectivity index (χ3n) is 2.87. The first-order valence-electron chi connectivity index (χ1n) is 4.44. The maximum atomic E-state index is 5.81. The van der Waals surface area contributed by atoms with Gasteiger partial charge in [0.2, 0.25) is 0 Å². The first kappa shape index (κ1) is 9.33. The van der Waals surface area contributed by atoms with Crippen LogP contribution in [0, 0.1) is 3.57 Å². The minimum Gasteiger partial charge on any atom is -0.330 e. The predicted octanol–water partition coefficient (Wildman–Crippen LogP) is 1.46. The Bertz CT molecular complexity index is 304. The molecule has 0 spiro atoms. The average molecular weight is 289 g/mol. The predicted molar refractivity (Wildman–Crippen MR) is 59.3 cm³/mol. The van der Waals surface area contributed by atoms with Gasteiger partial charge < -0.3 is 5.73 Å². The Kier molecular flexibility index (Phi) is 2.51. The highest BCUT2D eigenvalue weighted by Crippen LogP contribution is 2.43. The summed E-state index contributed by atoms with van der Waals surface area (Å²) in [5.74, 6) is 0. The molecule has 1 heterocycles. The van der Waals surface area contributed by atoms with E-state index >= 15 is 0 Å². The van der Waals surface area contributed by atoms with Gasteiger partial charge in [-0.3, -0.25) is 0 Å². The molecule has 2 N–H and O–H groups in total. The van der Waals surface area contributed by atoms with Crippen molar-refractivity contribution in [3.63, 3.8) is 0 Å². The molecule has 1 aliphatic rings. The minimum atomic E-state index is 0.166. The van der Waals surface area contributed by atoms with Crippen LogP contribution in [0.4, 0.5) is 0 Å². The lowest BCUT2D eigenvalue weighted by Crippen LogP contribution is -2.42. The number of hydrogen-bond acceptors (Lipinski definition) is 3. The van der Waals surface area contributed by atoms with Gasteiger partial charge in [-0.2, -0.15) is 0 Å². The van der Waals surface area contributed by atoms with Gasteiger partial charge in [-0.15, -0.1) is 0 Å². The Morgan fingerprint density at radius 3 is 2.77 bits per heavy atom. The molecule has 70 valence electrons. The fourth-order valence-corrected chi connectivity index (χ4v) is 2.72. The second-order valence-electron chi connectivity index (χ2n) is 3.56. The van der Waals surface area contributed by atoms with E-state index in [2.05, 4.69) is 32.6 Å². The third-order valence-corrected chi connectivity index (χ3v) is 3.66. The van der Waals surface area contributed by atoms with E-state index in [1.54, 1.807) is 6.33 Å². The minimum absolute atomic E-state index is 0.166. The fraction of sp³-hybridized carbons (Fsp3) is 0.556. The molecule has 4 heteroatoms. The van der Waals surface area contributed by atoms with Crippen LogP contribution in [0.2, 0.25) is 0 Å².